The highest BCUT2D eigenvalue weighted by molar-refractivity contribution is 5.02. The van der Waals surface area contributed by atoms with Crippen molar-refractivity contribution in [1.82, 2.24) is 20.0 Å². The number of nitrogens with zero attached hydrogens (tertiary/aromatic N) is 3. The summed E-state index contributed by atoms with van der Waals surface area (Å²) < 4.78 is 7.55. The van der Waals surface area contributed by atoms with Gasteiger partial charge in [0.15, 0.2) is 0 Å². The molecule has 0 radical (unpaired) electrons. The van der Waals surface area contributed by atoms with Crippen molar-refractivity contribution in [1.29, 1.82) is 0 Å². The fourth-order valence-electron chi connectivity index (χ4n) is 3.25. The van der Waals surface area contributed by atoms with Crippen LogP contribution in [0.3, 0.4) is 0 Å². The zero-order chi connectivity index (χ0) is 15.1. The highest BCUT2D eigenvalue weighted by atomic mass is 16.5. The second-order valence-corrected chi connectivity index (χ2v) is 6.24. The van der Waals surface area contributed by atoms with Crippen molar-refractivity contribution in [2.45, 2.75) is 38.3 Å². The molecular weight excluding hydrogens is 264 g/mol. The fourth-order valence-corrected chi connectivity index (χ4v) is 3.25. The van der Waals surface area contributed by atoms with Crippen molar-refractivity contribution >= 4 is 0 Å². The first kappa shape index (κ1) is 16.5. The molecule has 1 saturated carbocycles. The van der Waals surface area contributed by atoms with Crippen molar-refractivity contribution in [2.24, 2.45) is 5.92 Å². The molecule has 21 heavy (non-hydrogen) atoms. The van der Waals surface area contributed by atoms with E-state index >= 15 is 0 Å². The molecule has 5 heteroatoms. The van der Waals surface area contributed by atoms with Gasteiger partial charge in [-0.05, 0) is 51.8 Å². The maximum absolute atomic E-state index is 5.29. The topological polar surface area (TPSA) is 42.3 Å². The zero-order valence-corrected chi connectivity index (χ0v) is 13.7. The second kappa shape index (κ2) is 8.51. The molecule has 0 saturated heterocycles. The van der Waals surface area contributed by atoms with E-state index in [0.717, 1.165) is 32.2 Å². The number of methoxy groups -OCH3 is 1. The summed E-state index contributed by atoms with van der Waals surface area (Å²) in [5, 5.41) is 7.78. The number of aromatic nitrogens is 2. The third-order valence-electron chi connectivity index (χ3n) is 4.49. The van der Waals surface area contributed by atoms with Crippen LogP contribution in [-0.4, -0.2) is 55.6 Å². The van der Waals surface area contributed by atoms with E-state index in [-0.39, 0.29) is 0 Å². The third kappa shape index (κ3) is 4.80. The molecule has 1 N–H and O–H groups in total. The quantitative estimate of drug-likeness (QED) is 0.795. The Hall–Kier alpha value is -0.910. The maximum atomic E-state index is 5.29. The van der Waals surface area contributed by atoms with E-state index in [4.69, 9.17) is 4.74 Å². The van der Waals surface area contributed by atoms with E-state index in [2.05, 4.69) is 33.1 Å². The minimum absolute atomic E-state index is 0.570. The van der Waals surface area contributed by atoms with Gasteiger partial charge in [-0.2, -0.15) is 5.10 Å². The van der Waals surface area contributed by atoms with Crippen LogP contribution in [0, 0.1) is 5.92 Å². The largest absolute Gasteiger partial charge is 0.384 e. The molecule has 0 unspecified atom stereocenters. The van der Waals surface area contributed by atoms with Gasteiger partial charge in [-0.25, -0.2) is 0 Å². The van der Waals surface area contributed by atoms with E-state index < -0.39 is 0 Å². The van der Waals surface area contributed by atoms with Crippen LogP contribution in [0.5, 0.6) is 0 Å². The Morgan fingerprint density at radius 2 is 2.14 bits per heavy atom. The van der Waals surface area contributed by atoms with E-state index in [1.54, 1.807) is 7.11 Å². The predicted octanol–water partition coefficient (Wildman–Crippen LogP) is 1.91. The van der Waals surface area contributed by atoms with Gasteiger partial charge in [-0.1, -0.05) is 0 Å². The van der Waals surface area contributed by atoms with Gasteiger partial charge in [0.2, 0.25) is 0 Å². The lowest BCUT2D eigenvalue weighted by Gasteiger charge is -2.30. The Labute approximate surface area is 128 Å². The summed E-state index contributed by atoms with van der Waals surface area (Å²) >= 11 is 0. The van der Waals surface area contributed by atoms with Crippen LogP contribution in [0.4, 0.5) is 0 Å². The van der Waals surface area contributed by atoms with Crippen LogP contribution >= 0.6 is 0 Å². The summed E-state index contributed by atoms with van der Waals surface area (Å²) in [7, 11) is 5.97. The van der Waals surface area contributed by atoms with Gasteiger partial charge in [0, 0.05) is 39.5 Å². The van der Waals surface area contributed by atoms with Gasteiger partial charge >= 0.3 is 0 Å². The Balaban J connectivity index is 1.88. The SMILES string of the molecule is CNCCN(C)Cc1ccnn1[C@H]1CC[C@@H](COC)CC1. The zero-order valence-electron chi connectivity index (χ0n) is 13.7. The van der Waals surface area contributed by atoms with E-state index in [0.29, 0.717) is 6.04 Å². The molecule has 0 bridgehead atoms. The van der Waals surface area contributed by atoms with Crippen LogP contribution in [0.15, 0.2) is 12.3 Å². The van der Waals surface area contributed by atoms with Crippen molar-refractivity contribution < 1.29 is 4.74 Å². The molecule has 120 valence electrons. The molecule has 1 aliphatic rings. The van der Waals surface area contributed by atoms with Crippen LogP contribution in [0.25, 0.3) is 0 Å². The Morgan fingerprint density at radius 1 is 1.38 bits per heavy atom. The lowest BCUT2D eigenvalue weighted by molar-refractivity contribution is 0.117. The van der Waals surface area contributed by atoms with Crippen LogP contribution in [0.1, 0.15) is 37.4 Å². The van der Waals surface area contributed by atoms with Crippen LogP contribution in [0.2, 0.25) is 0 Å². The Bertz CT molecular complexity index is 399. The number of rotatable bonds is 8. The lowest BCUT2D eigenvalue weighted by atomic mass is 9.86. The number of likely N-dealkylation sites (N-methyl/N-ethyl adjacent to an activating group) is 2. The van der Waals surface area contributed by atoms with Crippen molar-refractivity contribution in [2.75, 3.05) is 40.9 Å². The fraction of sp³-hybridized carbons (Fsp3) is 0.812. The number of nitrogens with one attached hydrogen (secondary N) is 1. The third-order valence-corrected chi connectivity index (χ3v) is 4.49. The molecule has 1 aliphatic carbocycles. The molecule has 0 amide bonds. The average Bonchev–Trinajstić information content (AvgIpc) is 2.94. The van der Waals surface area contributed by atoms with Gasteiger partial charge < -0.3 is 10.1 Å². The van der Waals surface area contributed by atoms with Crippen molar-refractivity contribution in [3.63, 3.8) is 0 Å². The molecule has 1 aromatic rings. The van der Waals surface area contributed by atoms with E-state index in [9.17, 15) is 0 Å². The highest BCUT2D eigenvalue weighted by Crippen LogP contribution is 2.32. The monoisotopic (exact) mass is 294 g/mol. The van der Waals surface area contributed by atoms with Crippen molar-refractivity contribution in [3.8, 4) is 0 Å². The van der Waals surface area contributed by atoms with Crippen LogP contribution in [-0.2, 0) is 11.3 Å². The molecule has 0 aromatic carbocycles. The lowest BCUT2D eigenvalue weighted by Crippen LogP contribution is -2.29. The molecular formula is C16H30N4O. The van der Waals surface area contributed by atoms with Gasteiger partial charge in [0.05, 0.1) is 11.7 Å². The first-order chi connectivity index (χ1) is 10.2. The normalized spacial score (nSPS) is 22.9. The smallest absolute Gasteiger partial charge is 0.0527 e. The van der Waals surface area contributed by atoms with Gasteiger partial charge in [-0.3, -0.25) is 9.58 Å². The highest BCUT2D eigenvalue weighted by Gasteiger charge is 2.24. The first-order valence-corrected chi connectivity index (χ1v) is 8.09. The molecule has 0 aliphatic heterocycles. The summed E-state index contributed by atoms with van der Waals surface area (Å²) in [5.74, 6) is 0.739. The van der Waals surface area contributed by atoms with E-state index in [1.165, 1.54) is 31.4 Å². The number of hydrogen-bond acceptors (Lipinski definition) is 4. The molecule has 0 atom stereocenters. The summed E-state index contributed by atoms with van der Waals surface area (Å²) in [6.07, 6.45) is 6.91. The predicted molar refractivity (Wildman–Crippen MR) is 85.4 cm³/mol. The summed E-state index contributed by atoms with van der Waals surface area (Å²) in [6.45, 7) is 3.96. The second-order valence-electron chi connectivity index (χ2n) is 6.24. The van der Waals surface area contributed by atoms with Gasteiger partial charge in [0.1, 0.15) is 0 Å². The Kier molecular flexibility index (Phi) is 6.67. The van der Waals surface area contributed by atoms with Crippen molar-refractivity contribution in [3.05, 3.63) is 18.0 Å². The average molecular weight is 294 g/mol. The van der Waals surface area contributed by atoms with Gasteiger partial charge in [-0.15, -0.1) is 0 Å². The number of hydrogen-bond donors (Lipinski definition) is 1. The van der Waals surface area contributed by atoms with Crippen LogP contribution < -0.4 is 5.32 Å². The number of ether oxygens (including phenoxy) is 1. The molecule has 5 nitrogen and oxygen atoms in total. The maximum Gasteiger partial charge on any atom is 0.0527 e. The summed E-state index contributed by atoms with van der Waals surface area (Å²) in [6, 6.07) is 2.73. The molecule has 2 rings (SSSR count). The summed E-state index contributed by atoms with van der Waals surface area (Å²) in [5.41, 5.74) is 1.34. The first-order valence-electron chi connectivity index (χ1n) is 8.09. The Morgan fingerprint density at radius 3 is 2.81 bits per heavy atom. The molecule has 1 aromatic heterocycles. The molecule has 1 heterocycles. The summed E-state index contributed by atoms with van der Waals surface area (Å²) in [4.78, 5) is 2.35. The van der Waals surface area contributed by atoms with Gasteiger partial charge in [0.25, 0.3) is 0 Å². The minimum atomic E-state index is 0.570. The minimum Gasteiger partial charge on any atom is -0.384 e. The standard InChI is InChI=1S/C16H30N4O/c1-17-10-11-19(2)12-16-8-9-18-20(16)15-6-4-14(5-7-15)13-21-3/h8-9,14-15,17H,4-7,10-13H2,1-3H3/t14-,15+. The van der Waals surface area contributed by atoms with E-state index in [1.807, 2.05) is 13.2 Å². The molecule has 1 fully saturated rings. The molecule has 0 spiro atoms.